The van der Waals surface area contributed by atoms with E-state index in [0.717, 1.165) is 5.56 Å². The molecular formula is C20H19F3N2O4. The van der Waals surface area contributed by atoms with Crippen LogP contribution in [0.1, 0.15) is 28.5 Å². The second-order valence-corrected chi connectivity index (χ2v) is 5.97. The monoisotopic (exact) mass is 408 g/mol. The van der Waals surface area contributed by atoms with Crippen LogP contribution in [0.4, 0.5) is 18.0 Å². The molecule has 2 rings (SSSR count). The molecule has 0 saturated carbocycles. The Morgan fingerprint density at radius 1 is 1.24 bits per heavy atom. The van der Waals surface area contributed by atoms with Gasteiger partial charge in [-0.25, -0.2) is 9.78 Å². The van der Waals surface area contributed by atoms with Crippen LogP contribution in [-0.4, -0.2) is 29.5 Å². The third-order valence-corrected chi connectivity index (χ3v) is 3.67. The van der Waals surface area contributed by atoms with Gasteiger partial charge in [-0.2, -0.15) is 13.2 Å². The van der Waals surface area contributed by atoms with Gasteiger partial charge in [0.1, 0.15) is 18.9 Å². The summed E-state index contributed by atoms with van der Waals surface area (Å²) >= 11 is 0. The van der Waals surface area contributed by atoms with Crippen LogP contribution in [0.2, 0.25) is 0 Å². The summed E-state index contributed by atoms with van der Waals surface area (Å²) in [5, 5.41) is 2.28. The van der Waals surface area contributed by atoms with Crippen molar-refractivity contribution in [3.63, 3.8) is 0 Å². The van der Waals surface area contributed by atoms with Crippen LogP contribution in [0.15, 0.2) is 55.1 Å². The third kappa shape index (κ3) is 6.63. The molecule has 0 unspecified atom stereocenters. The van der Waals surface area contributed by atoms with Crippen LogP contribution in [-0.2, 0) is 17.5 Å². The maximum atomic E-state index is 13.1. The minimum atomic E-state index is -4.70. The van der Waals surface area contributed by atoms with Crippen molar-refractivity contribution in [2.24, 2.45) is 0 Å². The van der Waals surface area contributed by atoms with E-state index >= 15 is 0 Å². The average Bonchev–Trinajstić information content (AvgIpc) is 2.70. The van der Waals surface area contributed by atoms with Gasteiger partial charge < -0.3 is 14.8 Å². The van der Waals surface area contributed by atoms with Crippen molar-refractivity contribution in [2.75, 3.05) is 6.61 Å². The fourth-order valence-electron chi connectivity index (χ4n) is 2.24. The highest BCUT2D eigenvalue weighted by molar-refractivity contribution is 6.00. The molecule has 29 heavy (non-hydrogen) atoms. The Labute approximate surface area is 165 Å². The summed E-state index contributed by atoms with van der Waals surface area (Å²) in [7, 11) is 0. The van der Waals surface area contributed by atoms with E-state index in [1.54, 1.807) is 30.3 Å². The first kappa shape index (κ1) is 21.9. The molecule has 0 aliphatic carbocycles. The number of ketones is 1. The number of nitrogens with one attached hydrogen (secondary N) is 1. The van der Waals surface area contributed by atoms with E-state index in [1.807, 2.05) is 0 Å². The number of alkyl carbamates (subject to hydrolysis) is 1. The summed E-state index contributed by atoms with van der Waals surface area (Å²) in [6.45, 7) is 4.62. The van der Waals surface area contributed by atoms with Gasteiger partial charge in [-0.15, -0.1) is 0 Å². The van der Waals surface area contributed by atoms with Gasteiger partial charge in [0.05, 0.1) is 11.6 Å². The molecule has 1 N–H and O–H groups in total. The summed E-state index contributed by atoms with van der Waals surface area (Å²) in [5.41, 5.74) is -0.839. The molecule has 0 saturated heterocycles. The molecule has 9 heteroatoms. The highest BCUT2D eigenvalue weighted by Gasteiger charge is 2.33. The first-order valence-corrected chi connectivity index (χ1v) is 8.55. The lowest BCUT2D eigenvalue weighted by Gasteiger charge is -2.15. The average molecular weight is 408 g/mol. The number of rotatable bonds is 8. The summed E-state index contributed by atoms with van der Waals surface area (Å²) in [6, 6.07) is 8.98. The number of halogens is 3. The zero-order chi connectivity index (χ0) is 21.4. The van der Waals surface area contributed by atoms with Crippen molar-refractivity contribution < 1.29 is 32.2 Å². The summed E-state index contributed by atoms with van der Waals surface area (Å²) in [5.74, 6) is -1.20. The molecule has 0 aliphatic heterocycles. The van der Waals surface area contributed by atoms with E-state index < -0.39 is 35.4 Å². The zero-order valence-corrected chi connectivity index (χ0v) is 15.5. The summed E-state index contributed by atoms with van der Waals surface area (Å²) in [4.78, 5) is 28.2. The molecule has 0 bridgehead atoms. The maximum absolute atomic E-state index is 13.1. The van der Waals surface area contributed by atoms with Gasteiger partial charge in [-0.1, -0.05) is 43.0 Å². The van der Waals surface area contributed by atoms with Crippen LogP contribution < -0.4 is 10.1 Å². The second-order valence-electron chi connectivity index (χ2n) is 5.97. The second kappa shape index (κ2) is 9.72. The van der Waals surface area contributed by atoms with Crippen LogP contribution in [0.5, 0.6) is 5.88 Å². The Balaban J connectivity index is 2.08. The smallest absolute Gasteiger partial charge is 0.416 e. The van der Waals surface area contributed by atoms with Crippen LogP contribution >= 0.6 is 0 Å². The summed E-state index contributed by atoms with van der Waals surface area (Å²) < 4.78 is 49.3. The highest BCUT2D eigenvalue weighted by Crippen LogP contribution is 2.31. The molecule has 0 aliphatic rings. The number of hydrogen-bond acceptors (Lipinski definition) is 5. The van der Waals surface area contributed by atoms with Crippen LogP contribution in [0.3, 0.4) is 0 Å². The number of hydrogen-bond donors (Lipinski definition) is 1. The van der Waals surface area contributed by atoms with Crippen molar-refractivity contribution in [3.8, 4) is 5.88 Å². The van der Waals surface area contributed by atoms with Gasteiger partial charge >= 0.3 is 12.3 Å². The first-order chi connectivity index (χ1) is 13.7. The molecule has 0 radical (unpaired) electrons. The summed E-state index contributed by atoms with van der Waals surface area (Å²) in [6.07, 6.45) is -4.25. The Morgan fingerprint density at radius 2 is 1.93 bits per heavy atom. The molecule has 154 valence electrons. The Morgan fingerprint density at radius 3 is 2.55 bits per heavy atom. The molecule has 0 spiro atoms. The number of Topliss-reactive ketones (excluding diaryl/α,β-unsaturated/α-hetero) is 1. The van der Waals surface area contributed by atoms with Gasteiger partial charge in [0.15, 0.2) is 0 Å². The molecule has 6 nitrogen and oxygen atoms in total. The predicted octanol–water partition coefficient (Wildman–Crippen LogP) is 4.16. The number of benzene rings is 1. The lowest BCUT2D eigenvalue weighted by molar-refractivity contribution is -0.137. The van der Waals surface area contributed by atoms with Crippen molar-refractivity contribution >= 4 is 11.9 Å². The van der Waals surface area contributed by atoms with Gasteiger partial charge in [-0.05, 0) is 18.6 Å². The quantitative estimate of drug-likeness (QED) is 0.524. The molecule has 1 aromatic heterocycles. The Bertz CT molecular complexity index is 870. The van der Waals surface area contributed by atoms with E-state index in [4.69, 9.17) is 9.47 Å². The molecule has 1 heterocycles. The molecule has 0 fully saturated rings. The topological polar surface area (TPSA) is 77.5 Å². The minimum Gasteiger partial charge on any atom is -0.473 e. The Kier molecular flexibility index (Phi) is 7.35. The number of alkyl halides is 3. The molecular weight excluding hydrogens is 389 g/mol. The van der Waals surface area contributed by atoms with Gasteiger partial charge in [0.25, 0.3) is 0 Å². The molecule has 1 aromatic carbocycles. The number of carbonyl (C=O) groups excluding carboxylic acids is 2. The number of amides is 1. The van der Waals surface area contributed by atoms with Gasteiger partial charge in [-0.3, -0.25) is 4.79 Å². The number of aromatic nitrogens is 1. The maximum Gasteiger partial charge on any atom is 0.416 e. The largest absolute Gasteiger partial charge is 0.473 e. The fraction of sp³-hybridized carbons (Fsp3) is 0.250. The Hall–Kier alpha value is -3.36. The van der Waals surface area contributed by atoms with Crippen molar-refractivity contribution in [1.29, 1.82) is 0 Å². The standard InChI is InChI=1S/C20H19F3N2O4/c1-3-9-28-17-11-15(20(21,22)23)10-16(25-17)18(26)13(2)24-19(27)29-12-14-7-5-4-6-8-14/h3-8,10-11,13H,1,9,12H2,2H3,(H,24,27)/t13-/m0/s1. The number of ether oxygens (including phenoxy) is 2. The van der Waals surface area contributed by atoms with E-state index in [1.165, 1.54) is 13.0 Å². The van der Waals surface area contributed by atoms with E-state index in [9.17, 15) is 22.8 Å². The first-order valence-electron chi connectivity index (χ1n) is 8.55. The van der Waals surface area contributed by atoms with Crippen LogP contribution in [0.25, 0.3) is 0 Å². The number of carbonyl (C=O) groups is 2. The number of nitrogens with zero attached hydrogens (tertiary/aromatic N) is 1. The molecule has 2 aromatic rings. The zero-order valence-electron chi connectivity index (χ0n) is 15.5. The molecule has 1 amide bonds. The SMILES string of the molecule is C=CCOc1cc(C(F)(F)F)cc(C(=O)[C@H](C)NC(=O)OCc2ccccc2)n1. The van der Waals surface area contributed by atoms with Crippen molar-refractivity contribution in [2.45, 2.75) is 25.7 Å². The normalized spacial score (nSPS) is 12.0. The van der Waals surface area contributed by atoms with E-state index in [-0.39, 0.29) is 19.1 Å². The van der Waals surface area contributed by atoms with Gasteiger partial charge in [0.2, 0.25) is 11.7 Å². The minimum absolute atomic E-state index is 0.0189. The fourth-order valence-corrected chi connectivity index (χ4v) is 2.24. The van der Waals surface area contributed by atoms with Crippen molar-refractivity contribution in [3.05, 3.63) is 71.9 Å². The third-order valence-electron chi connectivity index (χ3n) is 3.67. The van der Waals surface area contributed by atoms with Gasteiger partial charge in [0, 0.05) is 6.07 Å². The molecule has 1 atom stereocenters. The lowest BCUT2D eigenvalue weighted by atomic mass is 10.1. The predicted molar refractivity (Wildman–Crippen MR) is 98.5 cm³/mol. The van der Waals surface area contributed by atoms with E-state index in [0.29, 0.717) is 12.1 Å². The lowest BCUT2D eigenvalue weighted by Crippen LogP contribution is -2.39. The highest BCUT2D eigenvalue weighted by atomic mass is 19.4. The number of pyridine rings is 1. The van der Waals surface area contributed by atoms with Crippen LogP contribution in [0, 0.1) is 0 Å². The van der Waals surface area contributed by atoms with E-state index in [2.05, 4.69) is 16.9 Å². The van der Waals surface area contributed by atoms with Crippen molar-refractivity contribution in [1.82, 2.24) is 10.3 Å².